The van der Waals surface area contributed by atoms with E-state index in [9.17, 15) is 25.2 Å². The monoisotopic (exact) mass is 297 g/mol. The maximum Gasteiger partial charge on any atom is 0.410 e. The number of aliphatic hydroxyl groups excluding tert-OH is 4. The van der Waals surface area contributed by atoms with Gasteiger partial charge in [0.25, 0.3) is 0 Å². The predicted octanol–water partition coefficient (Wildman–Crippen LogP) is -0.918. The van der Waals surface area contributed by atoms with Gasteiger partial charge in [0.15, 0.2) is 0 Å². The lowest BCUT2D eigenvalue weighted by Gasteiger charge is -2.27. The van der Waals surface area contributed by atoms with Gasteiger partial charge in [-0.15, -0.1) is 0 Å². The molecule has 1 aromatic carbocycles. The van der Waals surface area contributed by atoms with Crippen molar-refractivity contribution in [3.8, 4) is 0 Å². The molecule has 0 aliphatic carbocycles. The third kappa shape index (κ3) is 3.16. The number of amides is 1. The number of benzene rings is 1. The standard InChI is InChI=1S/C14H19NO6/c16-6-10-12(18)13(19)11(7-17)15(10)14(20)21-8-9-4-2-1-3-5-9/h1-5,10-13,16-19H,6-8H2/t10-,11-,12-,13+/m1/s1. The summed E-state index contributed by atoms with van der Waals surface area (Å²) in [5.74, 6) is 0. The van der Waals surface area contributed by atoms with Crippen LogP contribution in [0.2, 0.25) is 0 Å². The topological polar surface area (TPSA) is 110 Å². The van der Waals surface area contributed by atoms with Crippen molar-refractivity contribution in [1.29, 1.82) is 0 Å². The van der Waals surface area contributed by atoms with Gasteiger partial charge in [-0.1, -0.05) is 30.3 Å². The van der Waals surface area contributed by atoms with Crippen molar-refractivity contribution >= 4 is 6.09 Å². The minimum Gasteiger partial charge on any atom is -0.445 e. The first-order valence-electron chi connectivity index (χ1n) is 6.67. The molecule has 21 heavy (non-hydrogen) atoms. The van der Waals surface area contributed by atoms with Crippen LogP contribution in [0.5, 0.6) is 0 Å². The molecule has 1 heterocycles. The predicted molar refractivity (Wildman–Crippen MR) is 72.2 cm³/mol. The van der Waals surface area contributed by atoms with Gasteiger partial charge >= 0.3 is 6.09 Å². The molecule has 1 amide bonds. The van der Waals surface area contributed by atoms with Gasteiger partial charge < -0.3 is 25.2 Å². The highest BCUT2D eigenvalue weighted by Gasteiger charge is 2.50. The summed E-state index contributed by atoms with van der Waals surface area (Å²) in [6.45, 7) is -1.04. The first-order chi connectivity index (χ1) is 10.1. The van der Waals surface area contributed by atoms with E-state index < -0.39 is 43.6 Å². The third-order valence-electron chi connectivity index (χ3n) is 3.64. The molecule has 0 spiro atoms. The number of hydrogen-bond donors (Lipinski definition) is 4. The number of hydrogen-bond acceptors (Lipinski definition) is 6. The van der Waals surface area contributed by atoms with Gasteiger partial charge in [0.2, 0.25) is 0 Å². The summed E-state index contributed by atoms with van der Waals surface area (Å²) in [6, 6.07) is 7.02. The lowest BCUT2D eigenvalue weighted by atomic mass is 10.1. The molecule has 0 saturated carbocycles. The Bertz CT molecular complexity index is 452. The number of likely N-dealkylation sites (tertiary alicyclic amines) is 1. The second-order valence-electron chi connectivity index (χ2n) is 4.93. The maximum atomic E-state index is 12.1. The summed E-state index contributed by atoms with van der Waals surface area (Å²) in [6.07, 6.45) is -3.44. The summed E-state index contributed by atoms with van der Waals surface area (Å²) >= 11 is 0. The van der Waals surface area contributed by atoms with Crippen LogP contribution in [-0.2, 0) is 11.3 Å². The maximum absolute atomic E-state index is 12.1. The van der Waals surface area contributed by atoms with E-state index in [4.69, 9.17) is 4.74 Å². The summed E-state index contributed by atoms with van der Waals surface area (Å²) in [5, 5.41) is 38.1. The fraction of sp³-hybridized carbons (Fsp3) is 0.500. The van der Waals surface area contributed by atoms with E-state index in [1.165, 1.54) is 0 Å². The molecule has 0 aromatic heterocycles. The molecular formula is C14H19NO6. The Morgan fingerprint density at radius 3 is 2.05 bits per heavy atom. The Balaban J connectivity index is 2.05. The minimum atomic E-state index is -1.32. The van der Waals surface area contributed by atoms with Gasteiger partial charge in [0, 0.05) is 0 Å². The van der Waals surface area contributed by atoms with Crippen LogP contribution in [-0.4, -0.2) is 68.9 Å². The van der Waals surface area contributed by atoms with Gasteiger partial charge in [-0.2, -0.15) is 0 Å². The van der Waals surface area contributed by atoms with Crippen molar-refractivity contribution in [1.82, 2.24) is 4.90 Å². The Hall–Kier alpha value is -1.67. The van der Waals surface area contributed by atoms with E-state index in [1.807, 2.05) is 6.07 Å². The fourth-order valence-electron chi connectivity index (χ4n) is 2.49. The zero-order chi connectivity index (χ0) is 15.4. The molecule has 116 valence electrons. The zero-order valence-electron chi connectivity index (χ0n) is 11.4. The second-order valence-corrected chi connectivity index (χ2v) is 4.93. The molecule has 1 aliphatic rings. The summed E-state index contributed by atoms with van der Waals surface area (Å²) in [5.41, 5.74) is 0.784. The average Bonchev–Trinajstić information content (AvgIpc) is 2.77. The van der Waals surface area contributed by atoms with Gasteiger partial charge in [-0.3, -0.25) is 4.90 Å². The van der Waals surface area contributed by atoms with E-state index in [0.717, 1.165) is 10.5 Å². The molecule has 1 aliphatic heterocycles. The molecule has 4 atom stereocenters. The molecule has 0 unspecified atom stereocenters. The fourth-order valence-corrected chi connectivity index (χ4v) is 2.49. The van der Waals surface area contributed by atoms with Gasteiger partial charge in [0.05, 0.1) is 25.3 Å². The normalized spacial score (nSPS) is 28.7. The van der Waals surface area contributed by atoms with Crippen molar-refractivity contribution in [2.24, 2.45) is 0 Å². The van der Waals surface area contributed by atoms with Crippen molar-refractivity contribution in [3.05, 3.63) is 35.9 Å². The summed E-state index contributed by atoms with van der Waals surface area (Å²) < 4.78 is 5.12. The summed E-state index contributed by atoms with van der Waals surface area (Å²) in [4.78, 5) is 13.1. The molecule has 0 radical (unpaired) electrons. The van der Waals surface area contributed by atoms with E-state index in [1.54, 1.807) is 24.3 Å². The van der Waals surface area contributed by atoms with E-state index in [2.05, 4.69) is 0 Å². The van der Waals surface area contributed by atoms with Crippen LogP contribution in [0.4, 0.5) is 4.79 Å². The van der Waals surface area contributed by atoms with E-state index >= 15 is 0 Å². The number of aliphatic hydroxyl groups is 4. The van der Waals surface area contributed by atoms with Crippen molar-refractivity contribution in [2.75, 3.05) is 13.2 Å². The Morgan fingerprint density at radius 1 is 1.05 bits per heavy atom. The van der Waals surface area contributed by atoms with Crippen molar-refractivity contribution in [3.63, 3.8) is 0 Å². The number of carbonyl (C=O) groups is 1. The number of carbonyl (C=O) groups excluding carboxylic acids is 1. The van der Waals surface area contributed by atoms with E-state index in [0.29, 0.717) is 0 Å². The first-order valence-corrected chi connectivity index (χ1v) is 6.67. The van der Waals surface area contributed by atoms with Crippen molar-refractivity contribution < 1.29 is 30.0 Å². The Labute approximate surface area is 122 Å². The van der Waals surface area contributed by atoms with Crippen LogP contribution < -0.4 is 0 Å². The number of nitrogens with zero attached hydrogens (tertiary/aromatic N) is 1. The number of ether oxygens (including phenoxy) is 1. The summed E-state index contributed by atoms with van der Waals surface area (Å²) in [7, 11) is 0. The van der Waals surface area contributed by atoms with Gasteiger partial charge in [-0.05, 0) is 5.56 Å². The second kappa shape index (κ2) is 6.86. The molecule has 1 aromatic rings. The molecule has 7 nitrogen and oxygen atoms in total. The van der Waals surface area contributed by atoms with Gasteiger partial charge in [-0.25, -0.2) is 4.79 Å². The highest BCUT2D eigenvalue weighted by atomic mass is 16.6. The van der Waals surface area contributed by atoms with Crippen LogP contribution in [0.15, 0.2) is 30.3 Å². The third-order valence-corrected chi connectivity index (χ3v) is 3.64. The quantitative estimate of drug-likeness (QED) is 0.572. The van der Waals surface area contributed by atoms with Crippen LogP contribution in [0.25, 0.3) is 0 Å². The molecule has 7 heteroatoms. The highest BCUT2D eigenvalue weighted by molar-refractivity contribution is 5.69. The van der Waals surface area contributed by atoms with Crippen LogP contribution in [0.3, 0.4) is 0 Å². The first kappa shape index (κ1) is 15.7. The Kier molecular flexibility index (Phi) is 5.13. The molecule has 1 fully saturated rings. The van der Waals surface area contributed by atoms with Crippen LogP contribution in [0.1, 0.15) is 5.56 Å². The van der Waals surface area contributed by atoms with Crippen molar-refractivity contribution in [2.45, 2.75) is 30.9 Å². The largest absolute Gasteiger partial charge is 0.445 e. The van der Waals surface area contributed by atoms with Crippen LogP contribution in [0, 0.1) is 0 Å². The zero-order valence-corrected chi connectivity index (χ0v) is 11.4. The lowest BCUT2D eigenvalue weighted by molar-refractivity contribution is 0.0130. The van der Waals surface area contributed by atoms with Gasteiger partial charge in [0.1, 0.15) is 18.8 Å². The highest BCUT2D eigenvalue weighted by Crippen LogP contribution is 2.26. The van der Waals surface area contributed by atoms with E-state index in [-0.39, 0.29) is 6.61 Å². The molecule has 4 N–H and O–H groups in total. The Morgan fingerprint density at radius 2 is 1.57 bits per heavy atom. The smallest absolute Gasteiger partial charge is 0.410 e. The molecule has 0 bridgehead atoms. The molecule has 1 saturated heterocycles. The SMILES string of the molecule is O=C(OCc1ccccc1)N1[C@H](CO)[C@H](O)[C@H](O)[C@H]1CO. The lowest BCUT2D eigenvalue weighted by Crippen LogP contribution is -2.47. The number of rotatable bonds is 4. The van der Waals surface area contributed by atoms with Crippen LogP contribution >= 0.6 is 0 Å². The molecule has 2 rings (SSSR count). The minimum absolute atomic E-state index is 0.0264. The molecular weight excluding hydrogens is 278 g/mol. The average molecular weight is 297 g/mol.